The van der Waals surface area contributed by atoms with E-state index in [-0.39, 0.29) is 6.29 Å². The number of nitrogens with zero attached hydrogens (tertiary/aromatic N) is 3. The second kappa shape index (κ2) is 9.88. The Morgan fingerprint density at radius 2 is 1.68 bits per heavy atom. The Bertz CT molecular complexity index is 912. The molecule has 3 unspecified atom stereocenters. The molecule has 1 fully saturated rings. The van der Waals surface area contributed by atoms with Crippen LogP contribution in [0.3, 0.4) is 0 Å². The molecule has 1 aliphatic carbocycles. The van der Waals surface area contributed by atoms with Gasteiger partial charge in [-0.3, -0.25) is 10.3 Å². The molecule has 0 bridgehead atoms. The van der Waals surface area contributed by atoms with Gasteiger partial charge in [-0.1, -0.05) is 67.4 Å². The van der Waals surface area contributed by atoms with Crippen molar-refractivity contribution in [1.29, 1.82) is 0 Å². The molecular weight excluding hydrogens is 380 g/mol. The van der Waals surface area contributed by atoms with Crippen molar-refractivity contribution in [2.24, 2.45) is 15.9 Å². The van der Waals surface area contributed by atoms with Crippen LogP contribution in [0.5, 0.6) is 0 Å². The van der Waals surface area contributed by atoms with Crippen molar-refractivity contribution in [3.05, 3.63) is 71.3 Å². The third-order valence-corrected chi connectivity index (χ3v) is 7.00. The summed E-state index contributed by atoms with van der Waals surface area (Å²) >= 11 is 0. The molecular formula is C27H34N4. The molecule has 4 nitrogen and oxygen atoms in total. The minimum absolute atomic E-state index is 0.142. The predicted octanol–water partition coefficient (Wildman–Crippen LogP) is 4.85. The van der Waals surface area contributed by atoms with Gasteiger partial charge in [-0.05, 0) is 56.4 Å². The highest BCUT2D eigenvalue weighted by Crippen LogP contribution is 2.40. The lowest BCUT2D eigenvalue weighted by molar-refractivity contribution is 0.278. The molecule has 0 aromatic heterocycles. The summed E-state index contributed by atoms with van der Waals surface area (Å²) in [6.45, 7) is 4.69. The van der Waals surface area contributed by atoms with Crippen LogP contribution >= 0.6 is 0 Å². The number of fused-ring (bicyclic) bond motifs is 3. The third kappa shape index (κ3) is 4.81. The first-order chi connectivity index (χ1) is 15.4. The smallest absolute Gasteiger partial charge is 0.193 e. The molecule has 0 saturated carbocycles. The van der Waals surface area contributed by atoms with E-state index in [1.54, 1.807) is 0 Å². The number of hydrogen-bond donors (Lipinski definition) is 1. The van der Waals surface area contributed by atoms with Crippen LogP contribution in [-0.4, -0.2) is 49.3 Å². The average molecular weight is 415 g/mol. The fourth-order valence-electron chi connectivity index (χ4n) is 5.37. The van der Waals surface area contributed by atoms with Gasteiger partial charge in [0.15, 0.2) is 6.29 Å². The van der Waals surface area contributed by atoms with Crippen LogP contribution in [0, 0.1) is 5.92 Å². The summed E-state index contributed by atoms with van der Waals surface area (Å²) in [6, 6.07) is 19.7. The molecule has 2 aromatic rings. The van der Waals surface area contributed by atoms with E-state index in [4.69, 9.17) is 9.98 Å². The van der Waals surface area contributed by atoms with Gasteiger partial charge in [-0.25, -0.2) is 4.99 Å². The van der Waals surface area contributed by atoms with E-state index in [1.807, 2.05) is 0 Å². The van der Waals surface area contributed by atoms with Crippen LogP contribution in [0.15, 0.2) is 64.6 Å². The molecule has 0 amide bonds. The Labute approximate surface area is 186 Å². The second-order valence-corrected chi connectivity index (χ2v) is 9.14. The fourth-order valence-corrected chi connectivity index (χ4v) is 5.37. The lowest BCUT2D eigenvalue weighted by Crippen LogP contribution is -2.37. The van der Waals surface area contributed by atoms with E-state index in [0.29, 0.717) is 11.8 Å². The number of likely N-dealkylation sites (tertiary alicyclic amines) is 1. The second-order valence-electron chi connectivity index (χ2n) is 9.14. The number of aliphatic imine (C=N–C) groups is 2. The zero-order valence-electron chi connectivity index (χ0n) is 18.4. The Morgan fingerprint density at radius 1 is 0.903 bits per heavy atom. The average Bonchev–Trinajstić information content (AvgIpc) is 3.11. The maximum absolute atomic E-state index is 5.07. The van der Waals surface area contributed by atoms with Gasteiger partial charge in [0.2, 0.25) is 0 Å². The van der Waals surface area contributed by atoms with Crippen molar-refractivity contribution in [3.63, 3.8) is 0 Å². The van der Waals surface area contributed by atoms with Crippen LogP contribution < -0.4 is 5.32 Å². The first-order valence-corrected chi connectivity index (χ1v) is 12.1. The van der Waals surface area contributed by atoms with Gasteiger partial charge in [0.1, 0.15) is 0 Å². The minimum atomic E-state index is -0.142. The molecule has 162 valence electrons. The Balaban J connectivity index is 1.25. The maximum atomic E-state index is 5.07. The molecule has 3 aliphatic rings. The Morgan fingerprint density at radius 3 is 2.52 bits per heavy atom. The highest BCUT2D eigenvalue weighted by molar-refractivity contribution is 6.12. The summed E-state index contributed by atoms with van der Waals surface area (Å²) in [7, 11) is 0. The van der Waals surface area contributed by atoms with Crippen LogP contribution in [0.4, 0.5) is 0 Å². The first-order valence-electron chi connectivity index (χ1n) is 12.1. The molecule has 1 saturated heterocycles. The van der Waals surface area contributed by atoms with Crippen molar-refractivity contribution in [2.75, 3.05) is 26.2 Å². The number of nitrogens with one attached hydrogen (secondary N) is 1. The lowest BCUT2D eigenvalue weighted by atomic mass is 9.73. The minimum Gasteiger partial charge on any atom is -0.303 e. The van der Waals surface area contributed by atoms with Crippen molar-refractivity contribution in [2.45, 2.75) is 50.7 Å². The number of hydrogen-bond acceptors (Lipinski definition) is 4. The molecule has 0 spiro atoms. The maximum Gasteiger partial charge on any atom is 0.193 e. The standard InChI is InChI=1S/C27H34N4/c1-2-9-17-31(16-8-1)18-10-15-28-27-29-20-22-19-25(21-11-4-3-5-12-21)23-13-6-7-14-24(23)26(22)30-27/h3-7,11-14,20,22,25,27-28H,1-2,8-10,15-19H2. The molecule has 2 aromatic carbocycles. The molecule has 1 N–H and O–H groups in total. The van der Waals surface area contributed by atoms with Gasteiger partial charge in [-0.15, -0.1) is 0 Å². The normalized spacial score (nSPS) is 25.9. The van der Waals surface area contributed by atoms with Gasteiger partial charge in [0.25, 0.3) is 0 Å². The van der Waals surface area contributed by atoms with Crippen molar-refractivity contribution in [3.8, 4) is 0 Å². The number of benzene rings is 2. The monoisotopic (exact) mass is 414 g/mol. The van der Waals surface area contributed by atoms with Gasteiger partial charge >= 0.3 is 0 Å². The van der Waals surface area contributed by atoms with Crippen molar-refractivity contribution < 1.29 is 0 Å². The van der Waals surface area contributed by atoms with Crippen LogP contribution in [-0.2, 0) is 0 Å². The van der Waals surface area contributed by atoms with E-state index in [9.17, 15) is 0 Å². The molecule has 2 aliphatic heterocycles. The largest absolute Gasteiger partial charge is 0.303 e. The Hall–Kier alpha value is -2.30. The first kappa shape index (κ1) is 20.6. The Kier molecular flexibility index (Phi) is 6.57. The highest BCUT2D eigenvalue weighted by Gasteiger charge is 2.33. The molecule has 3 atom stereocenters. The topological polar surface area (TPSA) is 40.0 Å². The summed E-state index contributed by atoms with van der Waals surface area (Å²) in [4.78, 5) is 12.5. The molecule has 2 heterocycles. The van der Waals surface area contributed by atoms with Crippen LogP contribution in [0.2, 0.25) is 0 Å². The molecule has 5 rings (SSSR count). The summed E-state index contributed by atoms with van der Waals surface area (Å²) in [5.74, 6) is 0.709. The third-order valence-electron chi connectivity index (χ3n) is 7.00. The lowest BCUT2D eigenvalue weighted by Gasteiger charge is -2.34. The summed E-state index contributed by atoms with van der Waals surface area (Å²) in [5.41, 5.74) is 5.30. The van der Waals surface area contributed by atoms with Gasteiger partial charge < -0.3 is 4.90 Å². The fraction of sp³-hybridized carbons (Fsp3) is 0.481. The van der Waals surface area contributed by atoms with E-state index in [2.05, 4.69) is 71.0 Å². The predicted molar refractivity (Wildman–Crippen MR) is 129 cm³/mol. The zero-order valence-corrected chi connectivity index (χ0v) is 18.4. The number of rotatable bonds is 6. The van der Waals surface area contributed by atoms with E-state index >= 15 is 0 Å². The summed E-state index contributed by atoms with van der Waals surface area (Å²) in [6.07, 6.45) is 9.74. The highest BCUT2D eigenvalue weighted by atomic mass is 15.2. The quantitative estimate of drug-likeness (QED) is 0.686. The van der Waals surface area contributed by atoms with Gasteiger partial charge in [-0.2, -0.15) is 0 Å². The van der Waals surface area contributed by atoms with E-state index in [0.717, 1.165) is 19.4 Å². The van der Waals surface area contributed by atoms with E-state index < -0.39 is 0 Å². The van der Waals surface area contributed by atoms with Crippen molar-refractivity contribution >= 4 is 11.9 Å². The zero-order chi connectivity index (χ0) is 20.9. The van der Waals surface area contributed by atoms with Gasteiger partial charge in [0.05, 0.1) is 5.71 Å². The molecule has 0 radical (unpaired) electrons. The molecule has 4 heteroatoms. The summed E-state index contributed by atoms with van der Waals surface area (Å²) < 4.78 is 0. The van der Waals surface area contributed by atoms with Crippen LogP contribution in [0.1, 0.15) is 61.1 Å². The molecule has 31 heavy (non-hydrogen) atoms. The SMILES string of the molecule is C1=NC(NCCCN2CCCCCC2)N=C2c3ccccc3C(c3ccccc3)CC12. The van der Waals surface area contributed by atoms with Gasteiger partial charge in [0, 0.05) is 30.2 Å². The summed E-state index contributed by atoms with van der Waals surface area (Å²) in [5, 5.41) is 3.57. The van der Waals surface area contributed by atoms with E-state index in [1.165, 1.54) is 67.7 Å². The van der Waals surface area contributed by atoms with Crippen molar-refractivity contribution in [1.82, 2.24) is 10.2 Å². The van der Waals surface area contributed by atoms with Crippen LogP contribution in [0.25, 0.3) is 0 Å².